The van der Waals surface area contributed by atoms with Crippen molar-refractivity contribution in [2.45, 2.75) is 19.6 Å². The second-order valence-corrected chi connectivity index (χ2v) is 5.21. The second-order valence-electron chi connectivity index (χ2n) is 5.21. The minimum atomic E-state index is -0.664. The van der Waals surface area contributed by atoms with Gasteiger partial charge >= 0.3 is 0 Å². The lowest BCUT2D eigenvalue weighted by Gasteiger charge is -2.23. The van der Waals surface area contributed by atoms with E-state index in [1.165, 1.54) is 11.6 Å². The Kier molecular flexibility index (Phi) is 6.37. The number of rotatable bonds is 8. The first-order valence-corrected chi connectivity index (χ1v) is 7.50. The number of benzene rings is 2. The van der Waals surface area contributed by atoms with Crippen molar-refractivity contribution in [3.63, 3.8) is 0 Å². The van der Waals surface area contributed by atoms with Crippen LogP contribution >= 0.6 is 0 Å². The van der Waals surface area contributed by atoms with Crippen LogP contribution in [-0.2, 0) is 6.54 Å². The fraction of sp³-hybridized carbons (Fsp3) is 0.333. The minimum Gasteiger partial charge on any atom is -0.488 e. The molecule has 1 N–H and O–H groups in total. The lowest BCUT2D eigenvalue weighted by Crippen LogP contribution is -2.35. The van der Waals surface area contributed by atoms with Crippen LogP contribution in [0, 0.1) is 5.82 Å². The molecule has 0 heterocycles. The number of ether oxygens (including phenoxy) is 1. The number of hydrogen-bond acceptors (Lipinski definition) is 3. The van der Waals surface area contributed by atoms with Crippen LogP contribution in [0.25, 0.3) is 0 Å². The second kappa shape index (κ2) is 8.51. The zero-order valence-electron chi connectivity index (χ0n) is 12.8. The lowest BCUT2D eigenvalue weighted by atomic mass is 10.2. The highest BCUT2D eigenvalue weighted by molar-refractivity contribution is 5.23. The number of nitrogens with zero attached hydrogens (tertiary/aromatic N) is 1. The maximum atomic E-state index is 13.4. The third kappa shape index (κ3) is 5.13. The van der Waals surface area contributed by atoms with Crippen LogP contribution in [0.15, 0.2) is 54.6 Å². The topological polar surface area (TPSA) is 32.7 Å². The van der Waals surface area contributed by atoms with Gasteiger partial charge in [-0.1, -0.05) is 49.4 Å². The zero-order valence-corrected chi connectivity index (χ0v) is 12.8. The van der Waals surface area contributed by atoms with Crippen molar-refractivity contribution in [2.75, 3.05) is 19.7 Å². The Labute approximate surface area is 131 Å². The third-order valence-corrected chi connectivity index (χ3v) is 3.43. The molecule has 0 aliphatic carbocycles. The van der Waals surface area contributed by atoms with Gasteiger partial charge in [-0.3, -0.25) is 4.90 Å². The number of halogens is 1. The van der Waals surface area contributed by atoms with Crippen molar-refractivity contribution < 1.29 is 14.2 Å². The maximum Gasteiger partial charge on any atom is 0.165 e. The summed E-state index contributed by atoms with van der Waals surface area (Å²) in [6.07, 6.45) is -0.664. The van der Waals surface area contributed by atoms with Gasteiger partial charge in [0.2, 0.25) is 0 Å². The van der Waals surface area contributed by atoms with E-state index < -0.39 is 11.9 Å². The summed E-state index contributed by atoms with van der Waals surface area (Å²) in [5, 5.41) is 10.1. The first-order valence-electron chi connectivity index (χ1n) is 7.50. The summed E-state index contributed by atoms with van der Waals surface area (Å²) in [6.45, 7) is 4.21. The SMILES string of the molecule is CCN(Cc1ccccc1)CC(O)COc1ccccc1F. The Morgan fingerprint density at radius 3 is 2.45 bits per heavy atom. The maximum absolute atomic E-state index is 13.4. The van der Waals surface area contributed by atoms with E-state index in [1.54, 1.807) is 18.2 Å². The van der Waals surface area contributed by atoms with Gasteiger partial charge in [0, 0.05) is 13.1 Å². The highest BCUT2D eigenvalue weighted by Crippen LogP contribution is 2.15. The van der Waals surface area contributed by atoms with Crippen LogP contribution in [0.3, 0.4) is 0 Å². The van der Waals surface area contributed by atoms with E-state index in [4.69, 9.17) is 4.74 Å². The molecule has 0 aromatic heterocycles. The molecule has 0 aliphatic rings. The van der Waals surface area contributed by atoms with Gasteiger partial charge in [-0.15, -0.1) is 0 Å². The molecule has 1 atom stereocenters. The van der Waals surface area contributed by atoms with E-state index in [1.807, 2.05) is 25.1 Å². The molecule has 0 radical (unpaired) electrons. The van der Waals surface area contributed by atoms with Crippen LogP contribution in [0.5, 0.6) is 5.75 Å². The quantitative estimate of drug-likeness (QED) is 0.813. The van der Waals surface area contributed by atoms with Gasteiger partial charge in [0.25, 0.3) is 0 Å². The fourth-order valence-corrected chi connectivity index (χ4v) is 2.25. The Bertz CT molecular complexity index is 562. The van der Waals surface area contributed by atoms with Crippen LogP contribution in [0.2, 0.25) is 0 Å². The van der Waals surface area contributed by atoms with Crippen molar-refractivity contribution in [1.29, 1.82) is 0 Å². The number of likely N-dealkylation sites (N-methyl/N-ethyl adjacent to an activating group) is 1. The van der Waals surface area contributed by atoms with E-state index >= 15 is 0 Å². The van der Waals surface area contributed by atoms with E-state index in [2.05, 4.69) is 17.0 Å². The van der Waals surface area contributed by atoms with Crippen molar-refractivity contribution in [3.05, 3.63) is 66.0 Å². The summed E-state index contributed by atoms with van der Waals surface area (Å²) in [6, 6.07) is 16.3. The van der Waals surface area contributed by atoms with E-state index in [-0.39, 0.29) is 12.4 Å². The molecule has 4 heteroatoms. The van der Waals surface area contributed by atoms with Crippen molar-refractivity contribution in [1.82, 2.24) is 4.90 Å². The fourth-order valence-electron chi connectivity index (χ4n) is 2.25. The normalized spacial score (nSPS) is 12.4. The minimum absolute atomic E-state index is 0.0756. The Balaban J connectivity index is 1.82. The monoisotopic (exact) mass is 303 g/mol. The standard InChI is InChI=1S/C18H22FNO2/c1-2-20(12-15-8-4-3-5-9-15)13-16(21)14-22-18-11-7-6-10-17(18)19/h3-11,16,21H,2,12-14H2,1H3. The van der Waals surface area contributed by atoms with Gasteiger partial charge < -0.3 is 9.84 Å². The molecule has 22 heavy (non-hydrogen) atoms. The summed E-state index contributed by atoms with van der Waals surface area (Å²) >= 11 is 0. The molecule has 0 amide bonds. The van der Waals surface area contributed by atoms with Gasteiger partial charge in [0.15, 0.2) is 11.6 Å². The smallest absolute Gasteiger partial charge is 0.165 e. The molecule has 0 fully saturated rings. The average Bonchev–Trinajstić information content (AvgIpc) is 2.54. The Morgan fingerprint density at radius 1 is 1.09 bits per heavy atom. The van der Waals surface area contributed by atoms with E-state index in [0.29, 0.717) is 6.54 Å². The molecule has 0 aliphatic heterocycles. The molecule has 0 saturated carbocycles. The summed E-state index contributed by atoms with van der Waals surface area (Å²) in [7, 11) is 0. The van der Waals surface area contributed by atoms with Gasteiger partial charge in [0.1, 0.15) is 12.7 Å². The molecule has 2 aromatic carbocycles. The molecule has 0 bridgehead atoms. The zero-order chi connectivity index (χ0) is 15.8. The molecule has 2 rings (SSSR count). The predicted molar refractivity (Wildman–Crippen MR) is 85.3 cm³/mol. The van der Waals surface area contributed by atoms with Crippen LogP contribution in [-0.4, -0.2) is 35.8 Å². The summed E-state index contributed by atoms with van der Waals surface area (Å²) in [5.41, 5.74) is 1.20. The Hall–Kier alpha value is -1.91. The largest absolute Gasteiger partial charge is 0.488 e. The summed E-state index contributed by atoms with van der Waals surface area (Å²) in [5.74, 6) is -0.237. The van der Waals surface area contributed by atoms with Crippen LogP contribution in [0.4, 0.5) is 4.39 Å². The van der Waals surface area contributed by atoms with Crippen LogP contribution < -0.4 is 4.74 Å². The van der Waals surface area contributed by atoms with Gasteiger partial charge in [-0.25, -0.2) is 4.39 Å². The number of hydrogen-bond donors (Lipinski definition) is 1. The average molecular weight is 303 g/mol. The molecule has 118 valence electrons. The highest BCUT2D eigenvalue weighted by atomic mass is 19.1. The predicted octanol–water partition coefficient (Wildman–Crippen LogP) is 3.09. The molecule has 1 unspecified atom stereocenters. The Morgan fingerprint density at radius 2 is 1.77 bits per heavy atom. The van der Waals surface area contributed by atoms with Gasteiger partial charge in [-0.2, -0.15) is 0 Å². The first-order chi connectivity index (χ1) is 10.7. The molecular formula is C18H22FNO2. The summed E-state index contributed by atoms with van der Waals surface area (Å²) in [4.78, 5) is 2.13. The van der Waals surface area contributed by atoms with Crippen molar-refractivity contribution in [2.24, 2.45) is 0 Å². The van der Waals surface area contributed by atoms with E-state index in [9.17, 15) is 9.50 Å². The van der Waals surface area contributed by atoms with Gasteiger partial charge in [-0.05, 0) is 24.2 Å². The molecular weight excluding hydrogens is 281 g/mol. The molecule has 3 nitrogen and oxygen atoms in total. The highest BCUT2D eigenvalue weighted by Gasteiger charge is 2.12. The molecule has 0 spiro atoms. The summed E-state index contributed by atoms with van der Waals surface area (Å²) < 4.78 is 18.8. The number of para-hydroxylation sites is 1. The number of aliphatic hydroxyl groups is 1. The number of aliphatic hydroxyl groups excluding tert-OH is 1. The lowest BCUT2D eigenvalue weighted by molar-refractivity contribution is 0.0661. The molecule has 2 aromatic rings. The van der Waals surface area contributed by atoms with Crippen molar-refractivity contribution >= 4 is 0 Å². The third-order valence-electron chi connectivity index (χ3n) is 3.43. The first kappa shape index (κ1) is 16.5. The van der Waals surface area contributed by atoms with Gasteiger partial charge in [0.05, 0.1) is 0 Å². The van der Waals surface area contributed by atoms with Crippen LogP contribution in [0.1, 0.15) is 12.5 Å². The van der Waals surface area contributed by atoms with E-state index in [0.717, 1.165) is 13.1 Å². The molecule has 0 saturated heterocycles. The van der Waals surface area contributed by atoms with Crippen molar-refractivity contribution in [3.8, 4) is 5.75 Å².